The second kappa shape index (κ2) is 6.56. The van der Waals surface area contributed by atoms with Crippen molar-refractivity contribution in [3.8, 4) is 0 Å². The molecule has 1 saturated heterocycles. The molecule has 0 amide bonds. The second-order valence-electron chi connectivity index (χ2n) is 6.06. The number of hydrogen-bond donors (Lipinski definition) is 0. The van der Waals surface area contributed by atoms with Crippen molar-refractivity contribution in [2.75, 3.05) is 13.1 Å². The van der Waals surface area contributed by atoms with E-state index < -0.39 is 0 Å². The first-order valence-electron chi connectivity index (χ1n) is 7.96. The maximum absolute atomic E-state index is 5.84. The van der Waals surface area contributed by atoms with E-state index in [0.717, 1.165) is 25.2 Å². The third-order valence-corrected chi connectivity index (χ3v) is 5.86. The number of thiazole rings is 1. The van der Waals surface area contributed by atoms with Gasteiger partial charge in [-0.15, -0.1) is 11.3 Å². The van der Waals surface area contributed by atoms with Crippen molar-refractivity contribution in [3.05, 3.63) is 58.3 Å². The van der Waals surface area contributed by atoms with E-state index in [4.69, 9.17) is 16.6 Å². The lowest BCUT2D eigenvalue weighted by molar-refractivity contribution is 0.204. The topological polar surface area (TPSA) is 29.0 Å². The van der Waals surface area contributed by atoms with Crippen LogP contribution in [0.1, 0.15) is 29.3 Å². The molecule has 3 aromatic rings. The minimum atomic E-state index is 0.559. The molecule has 1 aliphatic heterocycles. The Kier molecular flexibility index (Phi) is 4.29. The van der Waals surface area contributed by atoms with Crippen molar-refractivity contribution >= 4 is 33.2 Å². The lowest BCUT2D eigenvalue weighted by Crippen LogP contribution is -2.32. The summed E-state index contributed by atoms with van der Waals surface area (Å²) < 4.78 is 1.30. The Morgan fingerprint density at radius 2 is 1.96 bits per heavy atom. The predicted octanol–water partition coefficient (Wildman–Crippen LogP) is 4.72. The zero-order chi connectivity index (χ0) is 15.6. The van der Waals surface area contributed by atoms with Gasteiger partial charge in [0.25, 0.3) is 0 Å². The lowest BCUT2D eigenvalue weighted by Gasteiger charge is -2.30. The average molecular weight is 344 g/mol. The monoisotopic (exact) mass is 343 g/mol. The molecule has 1 fully saturated rings. The highest BCUT2D eigenvalue weighted by molar-refractivity contribution is 7.18. The Morgan fingerprint density at radius 1 is 1.13 bits per heavy atom. The van der Waals surface area contributed by atoms with Gasteiger partial charge in [0.1, 0.15) is 5.15 Å². The van der Waals surface area contributed by atoms with Crippen molar-refractivity contribution in [3.63, 3.8) is 0 Å². The first-order chi connectivity index (χ1) is 11.3. The Morgan fingerprint density at radius 3 is 2.70 bits per heavy atom. The number of piperidine rings is 1. The van der Waals surface area contributed by atoms with E-state index in [0.29, 0.717) is 11.1 Å². The molecule has 23 heavy (non-hydrogen) atoms. The van der Waals surface area contributed by atoms with Crippen molar-refractivity contribution < 1.29 is 0 Å². The van der Waals surface area contributed by atoms with Gasteiger partial charge in [0, 0.05) is 18.7 Å². The van der Waals surface area contributed by atoms with E-state index >= 15 is 0 Å². The molecule has 0 aliphatic carbocycles. The molecule has 2 aromatic heterocycles. The smallest absolute Gasteiger partial charge is 0.129 e. The molecule has 0 atom stereocenters. The quantitative estimate of drug-likeness (QED) is 0.644. The van der Waals surface area contributed by atoms with Crippen LogP contribution < -0.4 is 0 Å². The fourth-order valence-corrected chi connectivity index (χ4v) is 4.41. The third-order valence-electron chi connectivity index (χ3n) is 4.44. The summed E-state index contributed by atoms with van der Waals surface area (Å²) in [4.78, 5) is 11.5. The van der Waals surface area contributed by atoms with Gasteiger partial charge in [-0.3, -0.25) is 4.90 Å². The van der Waals surface area contributed by atoms with Gasteiger partial charge in [-0.05, 0) is 49.7 Å². The van der Waals surface area contributed by atoms with E-state index in [1.165, 1.54) is 28.1 Å². The van der Waals surface area contributed by atoms with Crippen molar-refractivity contribution in [1.82, 2.24) is 14.9 Å². The summed E-state index contributed by atoms with van der Waals surface area (Å²) in [5.74, 6) is 0.604. The van der Waals surface area contributed by atoms with E-state index in [1.807, 2.05) is 23.6 Å². The standard InChI is InChI=1S/C18H18ClN3S/c19-17-6-5-13(11-20-17)12-22-9-7-14(8-10-22)18-21-15-3-1-2-4-16(15)23-18/h1-6,11,14H,7-10,12H2. The minimum absolute atomic E-state index is 0.559. The van der Waals surface area contributed by atoms with Gasteiger partial charge in [-0.25, -0.2) is 9.97 Å². The fraction of sp³-hybridized carbons (Fsp3) is 0.333. The average Bonchev–Trinajstić information content (AvgIpc) is 3.02. The molecule has 1 aromatic carbocycles. The van der Waals surface area contributed by atoms with E-state index in [-0.39, 0.29) is 0 Å². The summed E-state index contributed by atoms with van der Waals surface area (Å²) in [5, 5.41) is 1.86. The van der Waals surface area contributed by atoms with Crippen LogP contribution in [-0.4, -0.2) is 28.0 Å². The van der Waals surface area contributed by atoms with Gasteiger partial charge in [0.2, 0.25) is 0 Å². The number of pyridine rings is 1. The Balaban J connectivity index is 1.39. The number of nitrogens with zero attached hydrogens (tertiary/aromatic N) is 3. The fourth-order valence-electron chi connectivity index (χ4n) is 3.16. The molecule has 1 aliphatic rings. The summed E-state index contributed by atoms with van der Waals surface area (Å²) in [6.07, 6.45) is 4.24. The normalized spacial score (nSPS) is 16.9. The highest BCUT2D eigenvalue weighted by atomic mass is 35.5. The molecule has 5 heteroatoms. The summed E-state index contributed by atoms with van der Waals surface area (Å²) >= 11 is 7.70. The molecule has 0 radical (unpaired) electrons. The van der Waals surface area contributed by atoms with Crippen LogP contribution in [0, 0.1) is 0 Å². The number of halogens is 1. The van der Waals surface area contributed by atoms with E-state index in [1.54, 1.807) is 0 Å². The van der Waals surface area contributed by atoms with Crippen LogP contribution in [0.5, 0.6) is 0 Å². The zero-order valence-electron chi connectivity index (χ0n) is 12.8. The Bertz CT molecular complexity index is 758. The molecule has 0 spiro atoms. The van der Waals surface area contributed by atoms with Crippen LogP contribution in [0.2, 0.25) is 5.15 Å². The number of hydrogen-bond acceptors (Lipinski definition) is 4. The highest BCUT2D eigenvalue weighted by Gasteiger charge is 2.23. The van der Waals surface area contributed by atoms with Crippen LogP contribution in [0.4, 0.5) is 0 Å². The largest absolute Gasteiger partial charge is 0.299 e. The van der Waals surface area contributed by atoms with Gasteiger partial charge in [0.05, 0.1) is 15.2 Å². The number of para-hydroxylation sites is 1. The molecule has 0 saturated carbocycles. The summed E-state index contributed by atoms with van der Waals surface area (Å²) in [5.41, 5.74) is 2.37. The summed E-state index contributed by atoms with van der Waals surface area (Å²) in [6, 6.07) is 12.4. The highest BCUT2D eigenvalue weighted by Crippen LogP contribution is 2.34. The maximum atomic E-state index is 5.84. The third kappa shape index (κ3) is 3.39. The van der Waals surface area contributed by atoms with Gasteiger partial charge in [-0.2, -0.15) is 0 Å². The van der Waals surface area contributed by atoms with Crippen molar-refractivity contribution in [1.29, 1.82) is 0 Å². The predicted molar refractivity (Wildman–Crippen MR) is 96.1 cm³/mol. The Labute approximate surface area is 144 Å². The van der Waals surface area contributed by atoms with Gasteiger partial charge < -0.3 is 0 Å². The molecule has 0 N–H and O–H groups in total. The molecule has 118 valence electrons. The number of benzene rings is 1. The SMILES string of the molecule is Clc1ccc(CN2CCC(c3nc4ccccc4s3)CC2)cn1. The molecule has 4 rings (SSSR count). The molecular weight excluding hydrogens is 326 g/mol. The van der Waals surface area contributed by atoms with Gasteiger partial charge in [0.15, 0.2) is 0 Å². The molecule has 3 heterocycles. The van der Waals surface area contributed by atoms with Crippen LogP contribution in [0.3, 0.4) is 0 Å². The van der Waals surface area contributed by atoms with Crippen LogP contribution in [0.15, 0.2) is 42.6 Å². The van der Waals surface area contributed by atoms with Crippen LogP contribution >= 0.6 is 22.9 Å². The second-order valence-corrected chi connectivity index (χ2v) is 7.51. The van der Waals surface area contributed by atoms with Crippen LogP contribution in [0.25, 0.3) is 10.2 Å². The van der Waals surface area contributed by atoms with Gasteiger partial charge >= 0.3 is 0 Å². The maximum Gasteiger partial charge on any atom is 0.129 e. The zero-order valence-corrected chi connectivity index (χ0v) is 14.4. The molecule has 3 nitrogen and oxygen atoms in total. The Hall–Kier alpha value is -1.49. The van der Waals surface area contributed by atoms with E-state index in [2.05, 4.69) is 40.2 Å². The summed E-state index contributed by atoms with van der Waals surface area (Å²) in [7, 11) is 0. The van der Waals surface area contributed by atoms with Gasteiger partial charge in [-0.1, -0.05) is 29.8 Å². The minimum Gasteiger partial charge on any atom is -0.299 e. The van der Waals surface area contributed by atoms with Crippen LogP contribution in [-0.2, 0) is 6.54 Å². The number of fused-ring (bicyclic) bond motifs is 1. The molecular formula is C18H18ClN3S. The van der Waals surface area contributed by atoms with Crippen molar-refractivity contribution in [2.24, 2.45) is 0 Å². The van der Waals surface area contributed by atoms with Crippen molar-refractivity contribution in [2.45, 2.75) is 25.3 Å². The molecule has 0 bridgehead atoms. The number of likely N-dealkylation sites (tertiary alicyclic amines) is 1. The first kappa shape index (κ1) is 15.1. The lowest BCUT2D eigenvalue weighted by atomic mass is 9.97. The summed E-state index contributed by atoms with van der Waals surface area (Å²) in [6.45, 7) is 3.18. The van der Waals surface area contributed by atoms with E-state index in [9.17, 15) is 0 Å². The number of aromatic nitrogens is 2. The first-order valence-corrected chi connectivity index (χ1v) is 9.15. The number of rotatable bonds is 3. The molecule has 0 unspecified atom stereocenters.